The van der Waals surface area contributed by atoms with Gasteiger partial charge in [0.1, 0.15) is 6.33 Å². The van der Waals surface area contributed by atoms with Gasteiger partial charge in [-0.15, -0.1) is 0 Å². The molecule has 5 heteroatoms. The van der Waals surface area contributed by atoms with Crippen LogP contribution >= 0.6 is 39.2 Å². The standard InChI is InChI=1S/C8H13BrN2S2/c1-6(2)7(3-9)4-12-8-10-5-11-13-8/h5-7H,3-4H2,1-2H3. The van der Waals surface area contributed by atoms with Crippen LogP contribution in [0.3, 0.4) is 0 Å². The van der Waals surface area contributed by atoms with Gasteiger partial charge in [-0.2, -0.15) is 4.37 Å². The molecule has 0 aromatic carbocycles. The van der Waals surface area contributed by atoms with Crippen molar-refractivity contribution in [2.24, 2.45) is 11.8 Å². The van der Waals surface area contributed by atoms with Crippen LogP contribution in [0.2, 0.25) is 0 Å². The molecule has 0 radical (unpaired) electrons. The maximum absolute atomic E-state index is 4.14. The summed E-state index contributed by atoms with van der Waals surface area (Å²) in [4.78, 5) is 4.14. The fourth-order valence-corrected chi connectivity index (χ4v) is 3.90. The Morgan fingerprint density at radius 3 is 2.85 bits per heavy atom. The molecule has 1 aromatic rings. The minimum absolute atomic E-state index is 0.717. The number of aromatic nitrogens is 2. The molecule has 1 rings (SSSR count). The molecule has 2 nitrogen and oxygen atoms in total. The molecular weight excluding hydrogens is 268 g/mol. The molecule has 0 amide bonds. The number of hydrogen-bond acceptors (Lipinski definition) is 4. The maximum Gasteiger partial charge on any atom is 0.169 e. The van der Waals surface area contributed by atoms with Gasteiger partial charge in [-0.3, -0.25) is 0 Å². The smallest absolute Gasteiger partial charge is 0.169 e. The van der Waals surface area contributed by atoms with Gasteiger partial charge >= 0.3 is 0 Å². The van der Waals surface area contributed by atoms with E-state index in [-0.39, 0.29) is 0 Å². The molecule has 0 bridgehead atoms. The Kier molecular flexibility index (Phi) is 5.28. The van der Waals surface area contributed by atoms with E-state index >= 15 is 0 Å². The third-order valence-corrected chi connectivity index (χ3v) is 4.72. The van der Waals surface area contributed by atoms with Crippen LogP contribution in [0.1, 0.15) is 13.8 Å². The largest absolute Gasteiger partial charge is 0.216 e. The summed E-state index contributed by atoms with van der Waals surface area (Å²) in [6, 6.07) is 0. The van der Waals surface area contributed by atoms with Gasteiger partial charge in [0.2, 0.25) is 0 Å². The van der Waals surface area contributed by atoms with Gasteiger partial charge in [0.25, 0.3) is 0 Å². The Morgan fingerprint density at radius 2 is 2.38 bits per heavy atom. The molecule has 1 atom stereocenters. The van der Waals surface area contributed by atoms with Gasteiger partial charge < -0.3 is 0 Å². The van der Waals surface area contributed by atoms with Crippen LogP contribution < -0.4 is 0 Å². The molecule has 1 heterocycles. The summed E-state index contributed by atoms with van der Waals surface area (Å²) in [5, 5.41) is 1.07. The van der Waals surface area contributed by atoms with Gasteiger partial charge in [0, 0.05) is 11.1 Å². The normalized spacial score (nSPS) is 13.5. The molecule has 74 valence electrons. The highest BCUT2D eigenvalue weighted by atomic mass is 79.9. The van der Waals surface area contributed by atoms with Crippen molar-refractivity contribution in [2.75, 3.05) is 11.1 Å². The molecule has 1 unspecified atom stereocenters. The van der Waals surface area contributed by atoms with E-state index in [0.29, 0.717) is 5.92 Å². The highest BCUT2D eigenvalue weighted by Crippen LogP contribution is 2.25. The number of thioether (sulfide) groups is 1. The van der Waals surface area contributed by atoms with Crippen LogP contribution in [-0.4, -0.2) is 20.4 Å². The molecule has 1 aromatic heterocycles. The predicted octanol–water partition coefficient (Wildman–Crippen LogP) is 3.30. The number of hydrogen-bond donors (Lipinski definition) is 0. The lowest BCUT2D eigenvalue weighted by atomic mass is 10.0. The number of halogens is 1. The van der Waals surface area contributed by atoms with Gasteiger partial charge in [0.15, 0.2) is 4.34 Å². The average molecular weight is 281 g/mol. The predicted molar refractivity (Wildman–Crippen MR) is 62.8 cm³/mol. The van der Waals surface area contributed by atoms with Crippen molar-refractivity contribution in [1.29, 1.82) is 0 Å². The number of rotatable bonds is 5. The van der Waals surface area contributed by atoms with Crippen molar-refractivity contribution in [1.82, 2.24) is 9.36 Å². The van der Waals surface area contributed by atoms with Gasteiger partial charge in [0.05, 0.1) is 0 Å². The summed E-state index contributed by atoms with van der Waals surface area (Å²) < 4.78 is 5.04. The molecule has 0 spiro atoms. The average Bonchev–Trinajstić information content (AvgIpc) is 2.57. The minimum Gasteiger partial charge on any atom is -0.216 e. The quantitative estimate of drug-likeness (QED) is 0.612. The van der Waals surface area contributed by atoms with Gasteiger partial charge in [-0.05, 0) is 23.4 Å². The zero-order valence-electron chi connectivity index (χ0n) is 7.74. The molecule has 0 aliphatic heterocycles. The summed E-state index contributed by atoms with van der Waals surface area (Å²) in [6.45, 7) is 4.51. The zero-order chi connectivity index (χ0) is 9.68. The zero-order valence-corrected chi connectivity index (χ0v) is 11.0. The Morgan fingerprint density at radius 1 is 1.62 bits per heavy atom. The van der Waals surface area contributed by atoms with Crippen LogP contribution in [-0.2, 0) is 0 Å². The Labute approximate surface area is 95.8 Å². The van der Waals surface area contributed by atoms with Gasteiger partial charge in [-0.1, -0.05) is 41.5 Å². The topological polar surface area (TPSA) is 25.8 Å². The van der Waals surface area contributed by atoms with Crippen molar-refractivity contribution in [3.63, 3.8) is 0 Å². The highest BCUT2D eigenvalue weighted by Gasteiger charge is 2.12. The van der Waals surface area contributed by atoms with E-state index in [1.165, 1.54) is 11.5 Å². The van der Waals surface area contributed by atoms with E-state index in [0.717, 1.165) is 21.3 Å². The highest BCUT2D eigenvalue weighted by molar-refractivity contribution is 9.09. The molecule has 0 aliphatic rings. The minimum atomic E-state index is 0.717. The van der Waals surface area contributed by atoms with E-state index in [4.69, 9.17) is 0 Å². The van der Waals surface area contributed by atoms with Crippen LogP contribution in [0, 0.1) is 11.8 Å². The van der Waals surface area contributed by atoms with Crippen molar-refractivity contribution in [2.45, 2.75) is 18.2 Å². The first-order chi connectivity index (χ1) is 6.24. The van der Waals surface area contributed by atoms with E-state index in [9.17, 15) is 0 Å². The molecular formula is C8H13BrN2S2. The third-order valence-electron chi connectivity index (χ3n) is 1.90. The molecule has 0 saturated carbocycles. The van der Waals surface area contributed by atoms with Crippen LogP contribution in [0.15, 0.2) is 10.7 Å². The first-order valence-electron chi connectivity index (χ1n) is 4.19. The maximum atomic E-state index is 4.14. The first kappa shape index (κ1) is 11.5. The van der Waals surface area contributed by atoms with Gasteiger partial charge in [-0.25, -0.2) is 4.98 Å². The molecule has 0 fully saturated rings. The van der Waals surface area contributed by atoms with Crippen molar-refractivity contribution in [3.8, 4) is 0 Å². The Hall–Kier alpha value is 0.390. The second kappa shape index (κ2) is 5.98. The Balaban J connectivity index is 2.32. The van der Waals surface area contributed by atoms with Crippen LogP contribution in [0.4, 0.5) is 0 Å². The number of alkyl halides is 1. The van der Waals surface area contributed by atoms with Crippen molar-refractivity contribution >= 4 is 39.2 Å². The summed E-state index contributed by atoms with van der Waals surface area (Å²) in [5.41, 5.74) is 0. The van der Waals surface area contributed by atoms with Crippen molar-refractivity contribution in [3.05, 3.63) is 6.33 Å². The van der Waals surface area contributed by atoms with Crippen LogP contribution in [0.25, 0.3) is 0 Å². The lowest BCUT2D eigenvalue weighted by molar-refractivity contribution is 0.474. The van der Waals surface area contributed by atoms with Crippen molar-refractivity contribution < 1.29 is 0 Å². The molecule has 13 heavy (non-hydrogen) atoms. The second-order valence-electron chi connectivity index (χ2n) is 3.18. The third kappa shape index (κ3) is 3.95. The fraction of sp³-hybridized carbons (Fsp3) is 0.750. The molecule has 0 aliphatic carbocycles. The Bertz CT molecular complexity index is 226. The summed E-state index contributed by atoms with van der Waals surface area (Å²) >= 11 is 6.81. The summed E-state index contributed by atoms with van der Waals surface area (Å²) in [5.74, 6) is 2.56. The fourth-order valence-electron chi connectivity index (χ4n) is 0.820. The summed E-state index contributed by atoms with van der Waals surface area (Å²) in [6.07, 6.45) is 1.62. The van der Waals surface area contributed by atoms with E-state index in [1.54, 1.807) is 18.1 Å². The first-order valence-corrected chi connectivity index (χ1v) is 7.07. The number of nitrogens with zero attached hydrogens (tertiary/aromatic N) is 2. The molecule has 0 saturated heterocycles. The van der Waals surface area contributed by atoms with E-state index < -0.39 is 0 Å². The van der Waals surface area contributed by atoms with Crippen LogP contribution in [0.5, 0.6) is 0 Å². The SMILES string of the molecule is CC(C)C(CBr)CSc1ncns1. The lowest BCUT2D eigenvalue weighted by Gasteiger charge is -2.16. The summed E-state index contributed by atoms with van der Waals surface area (Å²) in [7, 11) is 0. The van der Waals surface area contributed by atoms with E-state index in [1.807, 2.05) is 0 Å². The molecule has 0 N–H and O–H groups in total. The lowest BCUT2D eigenvalue weighted by Crippen LogP contribution is -2.12. The second-order valence-corrected chi connectivity index (χ2v) is 5.87. The van der Waals surface area contributed by atoms with E-state index in [2.05, 4.69) is 39.1 Å². The monoisotopic (exact) mass is 280 g/mol.